The van der Waals surface area contributed by atoms with Crippen LogP contribution < -0.4 is 16.0 Å². The first-order valence-electron chi connectivity index (χ1n) is 15.3. The van der Waals surface area contributed by atoms with Gasteiger partial charge in [0.15, 0.2) is 23.3 Å². The van der Waals surface area contributed by atoms with Crippen LogP contribution in [0.1, 0.15) is 103 Å². The van der Waals surface area contributed by atoms with E-state index in [0.29, 0.717) is 30.3 Å². The number of carboxylic acid groups (broad SMARTS) is 1. The van der Waals surface area contributed by atoms with Crippen LogP contribution in [0, 0.1) is 11.8 Å². The first-order chi connectivity index (χ1) is 19.7. The van der Waals surface area contributed by atoms with Crippen LogP contribution in [0.5, 0.6) is 0 Å². The van der Waals surface area contributed by atoms with E-state index in [-0.39, 0.29) is 17.7 Å². The molecule has 3 aliphatic rings. The summed E-state index contributed by atoms with van der Waals surface area (Å²) in [5, 5.41) is 19.5. The molecular formula is C30H54N8O3. The van der Waals surface area contributed by atoms with Crippen molar-refractivity contribution in [2.24, 2.45) is 27.6 Å². The van der Waals surface area contributed by atoms with Gasteiger partial charge in [-0.25, -0.2) is 19.8 Å². The molecule has 11 heteroatoms. The molecule has 4 rings (SSSR count). The van der Waals surface area contributed by atoms with Crippen LogP contribution in [0.25, 0.3) is 0 Å². The SMILES string of the molecule is C=Nc1nc(/C(N)=N/C(=O)O)nc(N[C@H](C)C2CCC2)c1N(C)CN(C)C1CCCCC1.CC1CCCCC1.CO. The van der Waals surface area contributed by atoms with Crippen molar-refractivity contribution in [2.45, 2.75) is 109 Å². The van der Waals surface area contributed by atoms with E-state index in [2.05, 4.69) is 62.7 Å². The molecule has 3 fully saturated rings. The molecule has 1 heterocycles. The summed E-state index contributed by atoms with van der Waals surface area (Å²) in [4.78, 5) is 31.9. The lowest BCUT2D eigenvalue weighted by Gasteiger charge is -2.36. The standard InChI is InChI=1S/C22H36N8O2.C7H14.CH4O/c1-14(15-9-8-10-15)25-20-17(30(4)13-29(3)16-11-6-5-7-12-16)19(24-2)27-21(28-20)18(23)26-22(31)32;1-7-5-3-2-4-6-7;1-2/h14-16H,2,5-13H2,1,3-4H3,(H2,23,26)(H,31,32)(H,25,27,28);7H,2-6H2,1H3;2H,1H3/t14-;;/m1../s1. The number of amides is 1. The summed E-state index contributed by atoms with van der Waals surface area (Å²) in [5.74, 6) is 2.28. The van der Waals surface area contributed by atoms with Gasteiger partial charge in [-0.2, -0.15) is 4.99 Å². The van der Waals surface area contributed by atoms with Gasteiger partial charge in [0.1, 0.15) is 5.69 Å². The zero-order chi connectivity index (χ0) is 30.4. The molecular weight excluding hydrogens is 520 g/mol. The Morgan fingerprint density at radius 2 is 1.61 bits per heavy atom. The number of nitrogens with two attached hydrogens (primary N) is 1. The minimum absolute atomic E-state index is 0.0240. The molecule has 0 saturated heterocycles. The van der Waals surface area contributed by atoms with Gasteiger partial charge in [-0.1, -0.05) is 64.7 Å². The summed E-state index contributed by atoms with van der Waals surface area (Å²) < 4.78 is 0. The highest BCUT2D eigenvalue weighted by molar-refractivity contribution is 6.01. The third-order valence-corrected chi connectivity index (χ3v) is 8.59. The van der Waals surface area contributed by atoms with Gasteiger partial charge in [-0.15, -0.1) is 0 Å². The fourth-order valence-corrected chi connectivity index (χ4v) is 5.90. The summed E-state index contributed by atoms with van der Waals surface area (Å²) in [6.45, 7) is 8.86. The second kappa shape index (κ2) is 17.9. The van der Waals surface area contributed by atoms with Crippen LogP contribution in [-0.4, -0.2) is 83.7 Å². The van der Waals surface area contributed by atoms with Crippen molar-refractivity contribution < 1.29 is 15.0 Å². The largest absolute Gasteiger partial charge is 0.463 e. The maximum absolute atomic E-state index is 11.0. The number of nitrogens with one attached hydrogen (secondary N) is 1. The average Bonchev–Trinajstić information content (AvgIpc) is 2.93. The number of hydrogen-bond donors (Lipinski definition) is 4. The third kappa shape index (κ3) is 10.8. The maximum Gasteiger partial charge on any atom is 0.433 e. The zero-order valence-corrected chi connectivity index (χ0v) is 26.0. The summed E-state index contributed by atoms with van der Waals surface area (Å²) in [6.07, 6.45) is 15.9. The van der Waals surface area contributed by atoms with Gasteiger partial charge in [0.2, 0.25) is 0 Å². The maximum atomic E-state index is 11.0. The van der Waals surface area contributed by atoms with Gasteiger partial charge in [0.05, 0.1) is 6.67 Å². The Morgan fingerprint density at radius 1 is 1.02 bits per heavy atom. The second-order valence-corrected chi connectivity index (χ2v) is 11.8. The Balaban J connectivity index is 0.000000561. The first kappa shape index (κ1) is 34.4. The molecule has 41 heavy (non-hydrogen) atoms. The molecule has 0 unspecified atom stereocenters. The lowest BCUT2D eigenvalue weighted by atomic mass is 9.80. The van der Waals surface area contributed by atoms with E-state index in [1.807, 2.05) is 7.05 Å². The molecule has 0 bridgehead atoms. The van der Waals surface area contributed by atoms with Gasteiger partial charge >= 0.3 is 6.09 Å². The quantitative estimate of drug-likeness (QED) is 0.167. The van der Waals surface area contributed by atoms with Crippen LogP contribution in [-0.2, 0) is 0 Å². The van der Waals surface area contributed by atoms with E-state index < -0.39 is 6.09 Å². The molecule has 1 atom stereocenters. The number of nitrogens with zero attached hydrogens (tertiary/aromatic N) is 6. The van der Waals surface area contributed by atoms with Gasteiger partial charge in [0.25, 0.3) is 0 Å². The van der Waals surface area contributed by atoms with Crippen molar-refractivity contribution in [1.29, 1.82) is 0 Å². The number of aromatic nitrogens is 2. The normalized spacial score (nSPS) is 19.1. The summed E-state index contributed by atoms with van der Waals surface area (Å²) in [5.41, 5.74) is 6.58. The molecule has 11 nitrogen and oxygen atoms in total. The van der Waals surface area contributed by atoms with Crippen molar-refractivity contribution in [3.05, 3.63) is 5.82 Å². The third-order valence-electron chi connectivity index (χ3n) is 8.59. The van der Waals surface area contributed by atoms with E-state index in [1.165, 1.54) is 83.5 Å². The van der Waals surface area contributed by atoms with Crippen LogP contribution in [0.4, 0.5) is 22.1 Å². The Bertz CT molecular complexity index is 973. The molecule has 3 aliphatic carbocycles. The average molecular weight is 575 g/mol. The topological polar surface area (TPSA) is 153 Å². The molecule has 232 valence electrons. The monoisotopic (exact) mass is 574 g/mol. The van der Waals surface area contributed by atoms with Crippen molar-refractivity contribution >= 4 is 36.0 Å². The van der Waals surface area contributed by atoms with E-state index in [9.17, 15) is 4.79 Å². The van der Waals surface area contributed by atoms with Crippen molar-refractivity contribution in [3.8, 4) is 0 Å². The molecule has 0 aromatic carbocycles. The molecule has 0 aliphatic heterocycles. The Labute approximate surface area is 246 Å². The molecule has 5 N–H and O–H groups in total. The van der Waals surface area contributed by atoms with Crippen LogP contribution >= 0.6 is 0 Å². The number of anilines is 2. The number of hydrogen-bond acceptors (Lipinski definition) is 8. The van der Waals surface area contributed by atoms with Crippen LogP contribution in [0.15, 0.2) is 9.98 Å². The Morgan fingerprint density at radius 3 is 2.07 bits per heavy atom. The highest BCUT2D eigenvalue weighted by atomic mass is 16.4. The molecule has 0 radical (unpaired) electrons. The predicted octanol–water partition coefficient (Wildman–Crippen LogP) is 5.65. The fraction of sp³-hybridized carbons (Fsp3) is 0.767. The molecule has 1 aromatic rings. The number of amidine groups is 1. The highest BCUT2D eigenvalue weighted by Gasteiger charge is 2.28. The zero-order valence-electron chi connectivity index (χ0n) is 26.0. The van der Waals surface area contributed by atoms with E-state index in [4.69, 9.17) is 15.9 Å². The van der Waals surface area contributed by atoms with Gasteiger partial charge in [-0.3, -0.25) is 4.90 Å². The Hall–Kier alpha value is -2.79. The molecule has 0 spiro atoms. The van der Waals surface area contributed by atoms with E-state index in [0.717, 1.165) is 18.7 Å². The minimum atomic E-state index is -1.40. The molecule has 1 amide bonds. The second-order valence-electron chi connectivity index (χ2n) is 11.8. The lowest BCUT2D eigenvalue weighted by molar-refractivity contribution is 0.194. The summed E-state index contributed by atoms with van der Waals surface area (Å²) in [7, 11) is 5.13. The van der Waals surface area contributed by atoms with Gasteiger partial charge in [0, 0.05) is 26.2 Å². The van der Waals surface area contributed by atoms with Crippen LogP contribution in [0.3, 0.4) is 0 Å². The molecule has 1 aromatic heterocycles. The van der Waals surface area contributed by atoms with Crippen molar-refractivity contribution in [3.63, 3.8) is 0 Å². The number of aliphatic hydroxyl groups is 1. The van der Waals surface area contributed by atoms with E-state index in [1.54, 1.807) is 0 Å². The van der Waals surface area contributed by atoms with Crippen molar-refractivity contribution in [1.82, 2.24) is 14.9 Å². The number of carbonyl (C=O) groups is 1. The van der Waals surface area contributed by atoms with Gasteiger partial charge in [-0.05, 0) is 58.2 Å². The fourth-order valence-electron chi connectivity index (χ4n) is 5.90. The van der Waals surface area contributed by atoms with E-state index >= 15 is 0 Å². The Kier molecular flexibility index (Phi) is 15.0. The summed E-state index contributed by atoms with van der Waals surface area (Å²) in [6, 6.07) is 0.750. The lowest BCUT2D eigenvalue weighted by Crippen LogP contribution is -2.41. The predicted molar refractivity (Wildman–Crippen MR) is 169 cm³/mol. The highest BCUT2D eigenvalue weighted by Crippen LogP contribution is 2.37. The minimum Gasteiger partial charge on any atom is -0.463 e. The summed E-state index contributed by atoms with van der Waals surface area (Å²) >= 11 is 0. The number of aliphatic imine (C=N–C) groups is 2. The number of aliphatic hydroxyl groups excluding tert-OH is 1. The number of rotatable bonds is 9. The first-order valence-corrected chi connectivity index (χ1v) is 15.3. The van der Waals surface area contributed by atoms with Gasteiger partial charge < -0.3 is 26.2 Å². The smallest absolute Gasteiger partial charge is 0.433 e. The molecule has 3 saturated carbocycles. The van der Waals surface area contributed by atoms with Crippen molar-refractivity contribution in [2.75, 3.05) is 38.1 Å². The van der Waals surface area contributed by atoms with Crippen LogP contribution in [0.2, 0.25) is 0 Å².